The van der Waals surface area contributed by atoms with Crippen molar-refractivity contribution in [1.29, 1.82) is 0 Å². The Labute approximate surface area is 186 Å². The van der Waals surface area contributed by atoms with E-state index in [1.54, 1.807) is 54.9 Å². The van der Waals surface area contributed by atoms with E-state index in [-0.39, 0.29) is 28.0 Å². The fourth-order valence-electron chi connectivity index (χ4n) is 3.14. The van der Waals surface area contributed by atoms with Gasteiger partial charge < -0.3 is 14.5 Å². The second-order valence-electron chi connectivity index (χ2n) is 7.18. The lowest BCUT2D eigenvalue weighted by molar-refractivity contribution is 0.0925. The van der Waals surface area contributed by atoms with E-state index in [0.717, 1.165) is 17.4 Å². The van der Waals surface area contributed by atoms with E-state index >= 15 is 0 Å². The summed E-state index contributed by atoms with van der Waals surface area (Å²) in [6.45, 7) is 2.74. The highest BCUT2D eigenvalue weighted by Gasteiger charge is 2.18. The maximum atomic E-state index is 13.0. The minimum absolute atomic E-state index is 0.171. The van der Waals surface area contributed by atoms with Crippen LogP contribution in [0.3, 0.4) is 0 Å². The van der Waals surface area contributed by atoms with Crippen LogP contribution in [0.4, 0.5) is 0 Å². The number of fused-ring (bicyclic) bond motifs is 1. The second-order valence-corrected chi connectivity index (χ2v) is 9.13. The van der Waals surface area contributed by atoms with Gasteiger partial charge in [0.05, 0.1) is 22.6 Å². The first-order valence-corrected chi connectivity index (χ1v) is 11.6. The van der Waals surface area contributed by atoms with Gasteiger partial charge >= 0.3 is 0 Å². The van der Waals surface area contributed by atoms with Crippen LogP contribution >= 0.6 is 0 Å². The smallest absolute Gasteiger partial charge is 0.287 e. The van der Waals surface area contributed by atoms with E-state index in [1.807, 2.05) is 6.92 Å². The average molecular weight is 451 g/mol. The summed E-state index contributed by atoms with van der Waals surface area (Å²) in [6.07, 6.45) is 4.02. The number of nitrogens with one attached hydrogen (secondary N) is 1. The molecule has 0 aliphatic carbocycles. The molecule has 0 spiro atoms. The molecule has 0 atom stereocenters. The molecular formula is C24H22N2O5S. The van der Waals surface area contributed by atoms with E-state index in [0.29, 0.717) is 17.9 Å². The summed E-state index contributed by atoms with van der Waals surface area (Å²) in [7, 11) is -3.68. The SMILES string of the molecule is CCCOc1cccc(S(=O)(=O)c2ccc(CNC(=O)c3cc4ccncc4o3)cc2)c1. The molecule has 4 aromatic rings. The van der Waals surface area contributed by atoms with Crippen LogP contribution in [0, 0.1) is 0 Å². The van der Waals surface area contributed by atoms with Crippen molar-refractivity contribution < 1.29 is 22.4 Å². The Bertz CT molecular complexity index is 1310. The van der Waals surface area contributed by atoms with Gasteiger partial charge in [0.25, 0.3) is 5.91 Å². The van der Waals surface area contributed by atoms with Crippen molar-refractivity contribution in [1.82, 2.24) is 10.3 Å². The Kier molecular flexibility index (Phi) is 6.23. The van der Waals surface area contributed by atoms with E-state index in [1.165, 1.54) is 18.2 Å². The highest BCUT2D eigenvalue weighted by atomic mass is 32.2. The number of carbonyl (C=O) groups is 1. The van der Waals surface area contributed by atoms with Crippen molar-refractivity contribution in [3.05, 3.63) is 84.4 Å². The zero-order valence-electron chi connectivity index (χ0n) is 17.4. The molecule has 0 saturated carbocycles. The summed E-state index contributed by atoms with van der Waals surface area (Å²) < 4.78 is 37.0. The fraction of sp³-hybridized carbons (Fsp3) is 0.167. The van der Waals surface area contributed by atoms with Gasteiger partial charge in [-0.1, -0.05) is 25.1 Å². The molecular weight excluding hydrogens is 428 g/mol. The van der Waals surface area contributed by atoms with Crippen molar-refractivity contribution in [2.24, 2.45) is 0 Å². The number of sulfone groups is 1. The molecule has 0 aliphatic rings. The Balaban J connectivity index is 1.44. The first-order valence-electron chi connectivity index (χ1n) is 10.2. The number of carbonyl (C=O) groups excluding carboxylic acids is 1. The fourth-order valence-corrected chi connectivity index (χ4v) is 4.43. The molecule has 2 aromatic heterocycles. The quantitative estimate of drug-likeness (QED) is 0.428. The van der Waals surface area contributed by atoms with Gasteiger partial charge in [0.1, 0.15) is 5.75 Å². The molecule has 0 radical (unpaired) electrons. The molecule has 7 nitrogen and oxygen atoms in total. The zero-order valence-corrected chi connectivity index (χ0v) is 18.3. The van der Waals surface area contributed by atoms with Gasteiger partial charge in [-0.25, -0.2) is 8.42 Å². The predicted octanol–water partition coefficient (Wildman–Crippen LogP) is 4.38. The first kappa shape index (κ1) is 21.6. The summed E-state index contributed by atoms with van der Waals surface area (Å²) in [5.41, 5.74) is 1.30. The standard InChI is InChI=1S/C24H22N2O5S/c1-2-12-30-19-4-3-5-21(14-19)32(28,29)20-8-6-17(7-9-20)15-26-24(27)22-13-18-10-11-25-16-23(18)31-22/h3-11,13-14,16H,2,12,15H2,1H3,(H,26,27). The van der Waals surface area contributed by atoms with Gasteiger partial charge in [-0.3, -0.25) is 9.78 Å². The highest BCUT2D eigenvalue weighted by Crippen LogP contribution is 2.25. The number of amides is 1. The summed E-state index contributed by atoms with van der Waals surface area (Å²) in [5.74, 6) is 0.354. The Hall–Kier alpha value is -3.65. The largest absolute Gasteiger partial charge is 0.494 e. The second kappa shape index (κ2) is 9.23. The molecule has 0 saturated heterocycles. The molecule has 0 unspecified atom stereocenters. The van der Waals surface area contributed by atoms with Crippen LogP contribution < -0.4 is 10.1 Å². The third-order valence-corrected chi connectivity index (χ3v) is 6.59. The summed E-state index contributed by atoms with van der Waals surface area (Å²) in [6, 6.07) is 16.3. The maximum absolute atomic E-state index is 13.0. The first-order chi connectivity index (χ1) is 15.5. The van der Waals surface area contributed by atoms with E-state index in [2.05, 4.69) is 10.3 Å². The number of furan rings is 1. The van der Waals surface area contributed by atoms with Crippen molar-refractivity contribution in [2.45, 2.75) is 29.7 Å². The van der Waals surface area contributed by atoms with E-state index in [9.17, 15) is 13.2 Å². The third-order valence-electron chi connectivity index (χ3n) is 4.82. The van der Waals surface area contributed by atoms with Crippen molar-refractivity contribution in [3.63, 3.8) is 0 Å². The van der Waals surface area contributed by atoms with E-state index < -0.39 is 9.84 Å². The molecule has 1 N–H and O–H groups in total. The molecule has 32 heavy (non-hydrogen) atoms. The number of pyridine rings is 1. The third kappa shape index (κ3) is 4.65. The molecule has 0 fully saturated rings. The maximum Gasteiger partial charge on any atom is 0.287 e. The lowest BCUT2D eigenvalue weighted by Gasteiger charge is -2.09. The molecule has 164 valence electrons. The Morgan fingerprint density at radius 3 is 2.62 bits per heavy atom. The summed E-state index contributed by atoms with van der Waals surface area (Å²) in [4.78, 5) is 16.7. The van der Waals surface area contributed by atoms with Crippen molar-refractivity contribution in [3.8, 4) is 5.75 Å². The zero-order chi connectivity index (χ0) is 22.6. The van der Waals surface area contributed by atoms with Crippen LogP contribution in [0.2, 0.25) is 0 Å². The molecule has 4 rings (SSSR count). The number of hydrogen-bond acceptors (Lipinski definition) is 6. The van der Waals surface area contributed by atoms with Crippen LogP contribution in [0.25, 0.3) is 11.0 Å². The van der Waals surface area contributed by atoms with Gasteiger partial charge in [-0.05, 0) is 54.4 Å². The number of benzene rings is 2. The van der Waals surface area contributed by atoms with Gasteiger partial charge in [-0.2, -0.15) is 0 Å². The van der Waals surface area contributed by atoms with Crippen molar-refractivity contribution >= 4 is 26.7 Å². The number of hydrogen-bond donors (Lipinski definition) is 1. The van der Waals surface area contributed by atoms with Crippen LogP contribution in [-0.2, 0) is 16.4 Å². The average Bonchev–Trinajstić information content (AvgIpc) is 3.26. The van der Waals surface area contributed by atoms with Crippen LogP contribution in [-0.4, -0.2) is 25.9 Å². The van der Waals surface area contributed by atoms with Crippen molar-refractivity contribution in [2.75, 3.05) is 6.61 Å². The Morgan fingerprint density at radius 1 is 1.06 bits per heavy atom. The molecule has 2 aromatic carbocycles. The molecule has 2 heterocycles. The van der Waals surface area contributed by atoms with Crippen LogP contribution in [0.1, 0.15) is 29.5 Å². The minimum Gasteiger partial charge on any atom is -0.494 e. The molecule has 0 bridgehead atoms. The van der Waals surface area contributed by atoms with Gasteiger partial charge in [0.15, 0.2) is 11.3 Å². The number of rotatable bonds is 8. The normalized spacial score (nSPS) is 11.4. The lowest BCUT2D eigenvalue weighted by Crippen LogP contribution is -2.22. The molecule has 1 amide bonds. The monoisotopic (exact) mass is 450 g/mol. The predicted molar refractivity (Wildman–Crippen MR) is 119 cm³/mol. The number of ether oxygens (including phenoxy) is 1. The highest BCUT2D eigenvalue weighted by molar-refractivity contribution is 7.91. The summed E-state index contributed by atoms with van der Waals surface area (Å²) in [5, 5.41) is 3.57. The van der Waals surface area contributed by atoms with Gasteiger partial charge in [0.2, 0.25) is 9.84 Å². The summed E-state index contributed by atoms with van der Waals surface area (Å²) >= 11 is 0. The molecule has 8 heteroatoms. The number of nitrogens with zero attached hydrogens (tertiary/aromatic N) is 1. The van der Waals surface area contributed by atoms with Crippen LogP contribution in [0.5, 0.6) is 5.75 Å². The van der Waals surface area contributed by atoms with Crippen LogP contribution in [0.15, 0.2) is 87.3 Å². The number of aromatic nitrogens is 1. The van der Waals surface area contributed by atoms with E-state index in [4.69, 9.17) is 9.15 Å². The topological polar surface area (TPSA) is 98.5 Å². The lowest BCUT2D eigenvalue weighted by atomic mass is 10.2. The van der Waals surface area contributed by atoms with Gasteiger partial charge in [-0.15, -0.1) is 0 Å². The Morgan fingerprint density at radius 2 is 1.88 bits per heavy atom. The molecule has 0 aliphatic heterocycles. The van der Waals surface area contributed by atoms with Gasteiger partial charge in [0, 0.05) is 18.1 Å². The minimum atomic E-state index is -3.68.